The van der Waals surface area contributed by atoms with Crippen LogP contribution < -0.4 is 0 Å². The highest BCUT2D eigenvalue weighted by Gasteiger charge is 2.24. The lowest BCUT2D eigenvalue weighted by atomic mass is 10.0. The molecule has 2 aromatic heterocycles. The van der Waals surface area contributed by atoms with Gasteiger partial charge in [-0.2, -0.15) is 0 Å². The van der Waals surface area contributed by atoms with Gasteiger partial charge < -0.3 is 9.67 Å². The van der Waals surface area contributed by atoms with Gasteiger partial charge in [-0.1, -0.05) is 55.8 Å². The van der Waals surface area contributed by atoms with Gasteiger partial charge >= 0.3 is 5.97 Å². The number of benzene rings is 1. The van der Waals surface area contributed by atoms with Crippen molar-refractivity contribution in [1.29, 1.82) is 0 Å². The van der Waals surface area contributed by atoms with E-state index in [1.54, 1.807) is 12.3 Å². The van der Waals surface area contributed by atoms with E-state index in [2.05, 4.69) is 4.98 Å². The summed E-state index contributed by atoms with van der Waals surface area (Å²) < 4.78 is 2.03. The van der Waals surface area contributed by atoms with E-state index < -0.39 is 5.97 Å². The van der Waals surface area contributed by atoms with Crippen molar-refractivity contribution >= 4 is 28.5 Å². The van der Waals surface area contributed by atoms with Crippen molar-refractivity contribution in [2.45, 2.75) is 26.3 Å². The number of hydrogen-bond acceptors (Lipinski definition) is 2. The maximum atomic E-state index is 11.8. The number of nitrogens with zero attached hydrogens (tertiary/aromatic N) is 2. The molecule has 0 atom stereocenters. The predicted molar refractivity (Wildman–Crippen MR) is 91.3 cm³/mol. The molecule has 0 aliphatic rings. The van der Waals surface area contributed by atoms with Crippen molar-refractivity contribution in [3.8, 4) is 0 Å². The molecule has 5 heteroatoms. The number of halogens is 1. The fourth-order valence-corrected chi connectivity index (χ4v) is 3.15. The summed E-state index contributed by atoms with van der Waals surface area (Å²) in [5, 5.41) is 10.7. The number of pyridine rings is 1. The Bertz CT molecular complexity index is 870. The molecule has 1 aromatic carbocycles. The molecule has 0 bridgehead atoms. The zero-order valence-electron chi connectivity index (χ0n) is 13.0. The molecular weight excluding hydrogens is 312 g/mol. The van der Waals surface area contributed by atoms with Crippen molar-refractivity contribution in [2.24, 2.45) is 0 Å². The first kappa shape index (κ1) is 15.6. The molecule has 3 aromatic rings. The van der Waals surface area contributed by atoms with Gasteiger partial charge in [0.15, 0.2) is 0 Å². The molecule has 0 aliphatic carbocycles. The number of aromatic nitrogens is 2. The third-order valence-corrected chi connectivity index (χ3v) is 4.11. The molecule has 0 radical (unpaired) electrons. The Kier molecular flexibility index (Phi) is 4.09. The normalized spacial score (nSPS) is 11.3. The number of fused-ring (bicyclic) bond motifs is 1. The van der Waals surface area contributed by atoms with Crippen molar-refractivity contribution < 1.29 is 9.90 Å². The van der Waals surface area contributed by atoms with Gasteiger partial charge in [0.1, 0.15) is 5.15 Å². The molecule has 118 valence electrons. The van der Waals surface area contributed by atoms with Gasteiger partial charge in [-0.15, -0.1) is 0 Å². The summed E-state index contributed by atoms with van der Waals surface area (Å²) >= 11 is 6.04. The highest BCUT2D eigenvalue weighted by molar-refractivity contribution is 6.30. The Labute approximate surface area is 139 Å². The van der Waals surface area contributed by atoms with Crippen LogP contribution in [0.1, 0.15) is 41.4 Å². The van der Waals surface area contributed by atoms with E-state index in [9.17, 15) is 9.90 Å². The number of aromatic carboxylic acids is 1. The lowest BCUT2D eigenvalue weighted by Crippen LogP contribution is -2.09. The van der Waals surface area contributed by atoms with Crippen LogP contribution in [0.15, 0.2) is 42.6 Å². The van der Waals surface area contributed by atoms with Crippen LogP contribution in [0.2, 0.25) is 5.15 Å². The van der Waals surface area contributed by atoms with Crippen LogP contribution in [0.3, 0.4) is 0 Å². The zero-order chi connectivity index (χ0) is 16.6. The number of carboxylic acid groups (broad SMARTS) is 1. The maximum absolute atomic E-state index is 11.8. The van der Waals surface area contributed by atoms with E-state index in [4.69, 9.17) is 11.6 Å². The zero-order valence-corrected chi connectivity index (χ0v) is 13.7. The van der Waals surface area contributed by atoms with Crippen molar-refractivity contribution in [3.63, 3.8) is 0 Å². The maximum Gasteiger partial charge on any atom is 0.338 e. The minimum absolute atomic E-state index is 0.0657. The molecule has 23 heavy (non-hydrogen) atoms. The SMILES string of the molecule is CC(C)c1c(C(=O)O)c2cnc(Cl)cc2n1Cc1ccccc1. The average Bonchev–Trinajstić information content (AvgIpc) is 2.82. The van der Waals surface area contributed by atoms with E-state index in [-0.39, 0.29) is 5.92 Å². The van der Waals surface area contributed by atoms with E-state index in [1.165, 1.54) is 0 Å². The van der Waals surface area contributed by atoms with Crippen LogP contribution in [0.25, 0.3) is 10.9 Å². The summed E-state index contributed by atoms with van der Waals surface area (Å²) in [4.78, 5) is 15.9. The fraction of sp³-hybridized carbons (Fsp3) is 0.222. The summed E-state index contributed by atoms with van der Waals surface area (Å²) in [6.07, 6.45) is 1.55. The third-order valence-electron chi connectivity index (χ3n) is 3.90. The van der Waals surface area contributed by atoms with Crippen molar-refractivity contribution in [2.75, 3.05) is 0 Å². The van der Waals surface area contributed by atoms with Crippen LogP contribution in [0.4, 0.5) is 0 Å². The smallest absolute Gasteiger partial charge is 0.338 e. The molecule has 0 amide bonds. The van der Waals surface area contributed by atoms with Crippen LogP contribution in [0, 0.1) is 0 Å². The predicted octanol–water partition coefficient (Wildman–Crippen LogP) is 4.56. The molecule has 0 fully saturated rings. The molecule has 4 nitrogen and oxygen atoms in total. The summed E-state index contributed by atoms with van der Waals surface area (Å²) in [6, 6.07) is 11.7. The first-order valence-electron chi connectivity index (χ1n) is 7.44. The van der Waals surface area contributed by atoms with Gasteiger partial charge in [0.2, 0.25) is 0 Å². The molecule has 1 N–H and O–H groups in total. The van der Waals surface area contributed by atoms with Crippen LogP contribution in [-0.4, -0.2) is 20.6 Å². The Morgan fingerprint density at radius 1 is 1.30 bits per heavy atom. The highest BCUT2D eigenvalue weighted by atomic mass is 35.5. The Morgan fingerprint density at radius 2 is 2.00 bits per heavy atom. The lowest BCUT2D eigenvalue weighted by molar-refractivity contribution is 0.0697. The lowest BCUT2D eigenvalue weighted by Gasteiger charge is -2.14. The quantitative estimate of drug-likeness (QED) is 0.714. The van der Waals surface area contributed by atoms with Gasteiger partial charge in [-0.05, 0) is 17.5 Å². The molecule has 0 unspecified atom stereocenters. The van der Waals surface area contributed by atoms with Gasteiger partial charge in [0.05, 0.1) is 11.1 Å². The minimum Gasteiger partial charge on any atom is -0.478 e. The summed E-state index contributed by atoms with van der Waals surface area (Å²) in [6.45, 7) is 4.59. The molecule has 3 rings (SSSR count). The van der Waals surface area contributed by atoms with E-state index >= 15 is 0 Å². The molecule has 0 spiro atoms. The first-order chi connectivity index (χ1) is 11.0. The fourth-order valence-electron chi connectivity index (χ4n) is 3.00. The largest absolute Gasteiger partial charge is 0.478 e. The standard InChI is InChI=1S/C18H17ClN2O2/c1-11(2)17-16(18(22)23)13-9-20-15(19)8-14(13)21(17)10-12-6-4-3-5-7-12/h3-9,11H,10H2,1-2H3,(H,22,23). The molecular formula is C18H17ClN2O2. The number of carboxylic acids is 1. The second-order valence-electron chi connectivity index (χ2n) is 5.82. The summed E-state index contributed by atoms with van der Waals surface area (Å²) in [7, 11) is 0. The molecule has 2 heterocycles. The van der Waals surface area contributed by atoms with Gasteiger partial charge in [0.25, 0.3) is 0 Å². The Balaban J connectivity index is 2.31. The monoisotopic (exact) mass is 328 g/mol. The average molecular weight is 329 g/mol. The van der Waals surface area contributed by atoms with E-state index in [1.807, 2.05) is 48.7 Å². The van der Waals surface area contributed by atoms with Crippen LogP contribution in [0.5, 0.6) is 0 Å². The topological polar surface area (TPSA) is 55.1 Å². The second-order valence-corrected chi connectivity index (χ2v) is 6.20. The summed E-state index contributed by atoms with van der Waals surface area (Å²) in [5.41, 5.74) is 3.02. The van der Waals surface area contributed by atoms with Crippen molar-refractivity contribution in [1.82, 2.24) is 9.55 Å². The first-order valence-corrected chi connectivity index (χ1v) is 7.81. The highest BCUT2D eigenvalue weighted by Crippen LogP contribution is 2.32. The second kappa shape index (κ2) is 6.05. The van der Waals surface area contributed by atoms with Crippen molar-refractivity contribution in [3.05, 3.63) is 64.6 Å². The van der Waals surface area contributed by atoms with Gasteiger partial charge in [-0.3, -0.25) is 0 Å². The third kappa shape index (κ3) is 2.82. The Morgan fingerprint density at radius 3 is 2.61 bits per heavy atom. The molecule has 0 saturated heterocycles. The van der Waals surface area contributed by atoms with Gasteiger partial charge in [0, 0.05) is 23.8 Å². The molecule has 0 saturated carbocycles. The minimum atomic E-state index is -0.936. The van der Waals surface area contributed by atoms with Gasteiger partial charge in [-0.25, -0.2) is 9.78 Å². The van der Waals surface area contributed by atoms with Crippen LogP contribution in [-0.2, 0) is 6.54 Å². The van der Waals surface area contributed by atoms with Crippen LogP contribution >= 0.6 is 11.6 Å². The van der Waals surface area contributed by atoms with E-state index in [0.29, 0.717) is 22.6 Å². The molecule has 0 aliphatic heterocycles. The summed E-state index contributed by atoms with van der Waals surface area (Å²) in [5.74, 6) is -0.870. The number of rotatable bonds is 4. The Hall–Kier alpha value is -2.33. The number of hydrogen-bond donors (Lipinski definition) is 1. The van der Waals surface area contributed by atoms with E-state index in [0.717, 1.165) is 16.8 Å². The number of carbonyl (C=O) groups is 1.